The van der Waals surface area contributed by atoms with Gasteiger partial charge < -0.3 is 0 Å². The zero-order chi connectivity index (χ0) is 18.2. The van der Waals surface area contributed by atoms with E-state index in [4.69, 9.17) is 0 Å². The highest BCUT2D eigenvalue weighted by Gasteiger charge is 2.10. The third-order valence-electron chi connectivity index (χ3n) is 3.63. The summed E-state index contributed by atoms with van der Waals surface area (Å²) in [5.41, 5.74) is 6.42. The van der Waals surface area contributed by atoms with E-state index in [9.17, 15) is 0 Å². The van der Waals surface area contributed by atoms with Crippen LogP contribution in [0.2, 0.25) is 0 Å². The van der Waals surface area contributed by atoms with Crippen LogP contribution in [0.4, 0.5) is 5.13 Å². The van der Waals surface area contributed by atoms with E-state index in [0.717, 1.165) is 36.0 Å². The predicted octanol–water partition coefficient (Wildman–Crippen LogP) is 5.01. The molecule has 2 rings (SSSR count). The molecule has 1 aromatic carbocycles. The maximum atomic E-state index is 4.32. The molecular weight excluding hydrogens is 328 g/mol. The van der Waals surface area contributed by atoms with Crippen molar-refractivity contribution in [3.8, 4) is 0 Å². The average molecular weight is 359 g/mol. The van der Waals surface area contributed by atoms with Gasteiger partial charge in [-0.2, -0.15) is 5.10 Å². The van der Waals surface area contributed by atoms with Crippen LogP contribution in [-0.4, -0.2) is 29.2 Å². The number of nitrogens with zero attached hydrogens (tertiary/aromatic N) is 3. The molecule has 5 heteroatoms. The van der Waals surface area contributed by atoms with Gasteiger partial charge >= 0.3 is 0 Å². The van der Waals surface area contributed by atoms with Crippen LogP contribution in [0.1, 0.15) is 44.5 Å². The summed E-state index contributed by atoms with van der Waals surface area (Å²) in [7, 11) is 0. The molecule has 25 heavy (non-hydrogen) atoms. The molecule has 1 heterocycles. The molecule has 0 spiro atoms. The summed E-state index contributed by atoms with van der Waals surface area (Å²) in [6.45, 7) is 14.4. The fourth-order valence-electron chi connectivity index (χ4n) is 2.77. The number of hydrogen-bond donors (Lipinski definition) is 1. The van der Waals surface area contributed by atoms with Gasteiger partial charge in [-0.15, -0.1) is 11.3 Å². The van der Waals surface area contributed by atoms with Crippen LogP contribution < -0.4 is 5.43 Å². The van der Waals surface area contributed by atoms with Crippen molar-refractivity contribution in [2.24, 2.45) is 16.9 Å². The molecule has 0 unspecified atom stereocenters. The van der Waals surface area contributed by atoms with E-state index in [2.05, 4.69) is 72.4 Å². The van der Waals surface area contributed by atoms with Gasteiger partial charge in [0.05, 0.1) is 11.9 Å². The summed E-state index contributed by atoms with van der Waals surface area (Å²) in [4.78, 5) is 6.87. The molecule has 0 atom stereocenters. The fourth-order valence-corrected chi connectivity index (χ4v) is 3.41. The molecule has 1 aromatic heterocycles. The van der Waals surface area contributed by atoms with E-state index in [0.29, 0.717) is 11.8 Å². The fraction of sp³-hybridized carbons (Fsp3) is 0.500. The van der Waals surface area contributed by atoms with Gasteiger partial charge in [-0.25, -0.2) is 4.98 Å². The van der Waals surface area contributed by atoms with Crippen LogP contribution in [0.25, 0.3) is 0 Å². The third-order valence-corrected chi connectivity index (χ3v) is 4.49. The number of aryl methyl sites for hydroxylation is 1. The standard InChI is InChI=1S/C20H30N4S/c1-15(2)11-24(12-16(3)4)13-19-8-6-18(7-9-19)10-21-23-20-22-17(5)14-25-20/h6-10,14-16H,11-13H2,1-5H3,(H,22,23). The van der Waals surface area contributed by atoms with Gasteiger partial charge in [0.25, 0.3) is 0 Å². The Bertz CT molecular complexity index is 649. The van der Waals surface area contributed by atoms with Crippen LogP contribution in [-0.2, 0) is 6.54 Å². The molecule has 0 fully saturated rings. The SMILES string of the molecule is Cc1csc(NN=Cc2ccc(CN(CC(C)C)CC(C)C)cc2)n1. The molecule has 2 aromatic rings. The summed E-state index contributed by atoms with van der Waals surface area (Å²) < 4.78 is 0. The Kier molecular flexibility index (Phi) is 7.59. The van der Waals surface area contributed by atoms with Crippen molar-refractivity contribution < 1.29 is 0 Å². The predicted molar refractivity (Wildman–Crippen MR) is 109 cm³/mol. The first-order chi connectivity index (χ1) is 11.9. The Labute approximate surface area is 156 Å². The molecule has 1 N–H and O–H groups in total. The first kappa shape index (κ1) is 19.6. The first-order valence-electron chi connectivity index (χ1n) is 8.95. The topological polar surface area (TPSA) is 40.5 Å². The normalized spacial score (nSPS) is 12.0. The lowest BCUT2D eigenvalue weighted by atomic mass is 10.1. The Morgan fingerprint density at radius 1 is 1.12 bits per heavy atom. The van der Waals surface area contributed by atoms with E-state index < -0.39 is 0 Å². The summed E-state index contributed by atoms with van der Waals surface area (Å²) in [6, 6.07) is 8.64. The lowest BCUT2D eigenvalue weighted by molar-refractivity contribution is 0.211. The number of anilines is 1. The lowest BCUT2D eigenvalue weighted by Gasteiger charge is -2.26. The second-order valence-corrected chi connectivity index (χ2v) is 8.25. The first-order valence-corrected chi connectivity index (χ1v) is 9.83. The molecule has 0 bridgehead atoms. The molecular formula is C20H30N4S. The quantitative estimate of drug-likeness (QED) is 0.506. The average Bonchev–Trinajstić information content (AvgIpc) is 2.93. The number of hydrazone groups is 1. The van der Waals surface area contributed by atoms with Crippen LogP contribution in [0.15, 0.2) is 34.7 Å². The smallest absolute Gasteiger partial charge is 0.203 e. The second kappa shape index (κ2) is 9.68. The van der Waals surface area contributed by atoms with Crippen LogP contribution in [0, 0.1) is 18.8 Å². The zero-order valence-electron chi connectivity index (χ0n) is 16.0. The molecule has 4 nitrogen and oxygen atoms in total. The van der Waals surface area contributed by atoms with Gasteiger partial charge in [0.15, 0.2) is 0 Å². The highest BCUT2D eigenvalue weighted by Crippen LogP contribution is 2.14. The van der Waals surface area contributed by atoms with E-state index >= 15 is 0 Å². The van der Waals surface area contributed by atoms with Gasteiger partial charge in [-0.05, 0) is 29.9 Å². The maximum Gasteiger partial charge on any atom is 0.203 e. The van der Waals surface area contributed by atoms with Crippen LogP contribution in [0.5, 0.6) is 0 Å². The number of aromatic nitrogens is 1. The number of benzene rings is 1. The van der Waals surface area contributed by atoms with Crippen LogP contribution in [0.3, 0.4) is 0 Å². The maximum absolute atomic E-state index is 4.32. The van der Waals surface area contributed by atoms with E-state index in [1.807, 2.05) is 18.5 Å². The Hall–Kier alpha value is -1.72. The van der Waals surface area contributed by atoms with Gasteiger partial charge in [0, 0.05) is 25.0 Å². The number of thiazole rings is 1. The minimum atomic E-state index is 0.686. The largest absolute Gasteiger partial charge is 0.299 e. The summed E-state index contributed by atoms with van der Waals surface area (Å²) in [5, 5.41) is 7.09. The van der Waals surface area contributed by atoms with Crippen molar-refractivity contribution in [2.75, 3.05) is 18.5 Å². The number of hydrogen-bond acceptors (Lipinski definition) is 5. The second-order valence-electron chi connectivity index (χ2n) is 7.39. The van der Waals surface area contributed by atoms with Gasteiger partial charge in [-0.3, -0.25) is 10.3 Å². The number of rotatable bonds is 9. The molecule has 136 valence electrons. The highest BCUT2D eigenvalue weighted by molar-refractivity contribution is 7.13. The van der Waals surface area contributed by atoms with Crippen molar-refractivity contribution >= 4 is 22.7 Å². The number of nitrogens with one attached hydrogen (secondary N) is 1. The van der Waals surface area contributed by atoms with Crippen molar-refractivity contribution in [3.63, 3.8) is 0 Å². The van der Waals surface area contributed by atoms with Crippen LogP contribution >= 0.6 is 11.3 Å². The van der Waals surface area contributed by atoms with Gasteiger partial charge in [0.1, 0.15) is 0 Å². The molecule has 0 aliphatic carbocycles. The summed E-state index contributed by atoms with van der Waals surface area (Å²) in [5.74, 6) is 1.37. The minimum Gasteiger partial charge on any atom is -0.299 e. The zero-order valence-corrected chi connectivity index (χ0v) is 16.8. The van der Waals surface area contributed by atoms with E-state index in [1.54, 1.807) is 11.3 Å². The molecule has 0 saturated carbocycles. The summed E-state index contributed by atoms with van der Waals surface area (Å²) in [6.07, 6.45) is 1.83. The molecule has 0 aliphatic rings. The Morgan fingerprint density at radius 3 is 2.28 bits per heavy atom. The van der Waals surface area contributed by atoms with Gasteiger partial charge in [-0.1, -0.05) is 52.0 Å². The van der Waals surface area contributed by atoms with Crippen molar-refractivity contribution in [1.82, 2.24) is 9.88 Å². The van der Waals surface area contributed by atoms with Crippen molar-refractivity contribution in [1.29, 1.82) is 0 Å². The monoisotopic (exact) mass is 358 g/mol. The summed E-state index contributed by atoms with van der Waals surface area (Å²) >= 11 is 1.56. The molecule has 0 saturated heterocycles. The van der Waals surface area contributed by atoms with E-state index in [-0.39, 0.29) is 0 Å². The van der Waals surface area contributed by atoms with Crippen molar-refractivity contribution in [2.45, 2.75) is 41.2 Å². The Balaban J connectivity index is 1.91. The highest BCUT2D eigenvalue weighted by atomic mass is 32.1. The van der Waals surface area contributed by atoms with Gasteiger partial charge in [0.2, 0.25) is 5.13 Å². The molecule has 0 aliphatic heterocycles. The minimum absolute atomic E-state index is 0.686. The Morgan fingerprint density at radius 2 is 1.76 bits per heavy atom. The van der Waals surface area contributed by atoms with Crippen molar-refractivity contribution in [3.05, 3.63) is 46.5 Å². The van der Waals surface area contributed by atoms with E-state index in [1.165, 1.54) is 5.56 Å². The lowest BCUT2D eigenvalue weighted by Crippen LogP contribution is -2.30. The molecule has 0 radical (unpaired) electrons. The molecule has 0 amide bonds. The third kappa shape index (κ3) is 7.36.